The molecule has 0 radical (unpaired) electrons. The average molecular weight is 221 g/mol. The van der Waals surface area contributed by atoms with Crippen LogP contribution >= 0.6 is 15.9 Å². The Bertz CT molecular complexity index is 135. The van der Waals surface area contributed by atoms with Crippen molar-refractivity contribution in [3.8, 4) is 0 Å². The average Bonchev–Trinajstić information content (AvgIpc) is 2.72. The van der Waals surface area contributed by atoms with E-state index in [0.717, 1.165) is 25.7 Å². The van der Waals surface area contributed by atoms with Gasteiger partial charge in [-0.25, -0.2) is 0 Å². The lowest BCUT2D eigenvalue weighted by Gasteiger charge is -2.17. The molecule has 1 N–H and O–H groups in total. The number of aliphatic hydroxyl groups is 1. The highest BCUT2D eigenvalue weighted by Gasteiger charge is 2.40. The first kappa shape index (κ1) is 8.02. The van der Waals surface area contributed by atoms with Gasteiger partial charge >= 0.3 is 0 Å². The maximum atomic E-state index is 9.52. The van der Waals surface area contributed by atoms with Crippen LogP contribution in [-0.4, -0.2) is 28.2 Å². The molecule has 1 aliphatic heterocycles. The van der Waals surface area contributed by atoms with Crippen LogP contribution in [0.3, 0.4) is 0 Å². The zero-order valence-corrected chi connectivity index (χ0v) is 7.96. The van der Waals surface area contributed by atoms with Crippen molar-refractivity contribution in [2.75, 3.05) is 0 Å². The Hall–Kier alpha value is 0.400. The third-order valence-electron chi connectivity index (χ3n) is 2.58. The van der Waals surface area contributed by atoms with E-state index in [1.807, 2.05) is 0 Å². The molecule has 0 amide bonds. The molecule has 2 rings (SSSR count). The molecule has 0 unspecified atom stereocenters. The van der Waals surface area contributed by atoms with E-state index in [1.54, 1.807) is 0 Å². The van der Waals surface area contributed by atoms with Crippen LogP contribution in [0, 0.1) is 0 Å². The first-order valence-electron chi connectivity index (χ1n) is 4.25. The summed E-state index contributed by atoms with van der Waals surface area (Å²) in [5, 5.41) is 9.52. The van der Waals surface area contributed by atoms with E-state index in [4.69, 9.17) is 4.74 Å². The number of aliphatic hydroxyl groups excluding tert-OH is 1. The summed E-state index contributed by atoms with van der Waals surface area (Å²) < 4.78 is 5.40. The van der Waals surface area contributed by atoms with E-state index in [-0.39, 0.29) is 10.9 Å². The SMILES string of the molecule is O[C@H]1CC[C@@H]2O[C@@H]2CC[C@@H]1Br. The molecule has 64 valence electrons. The summed E-state index contributed by atoms with van der Waals surface area (Å²) in [6.07, 6.45) is 4.90. The lowest BCUT2D eigenvalue weighted by atomic mass is 9.99. The molecule has 2 aliphatic rings. The standard InChI is InChI=1S/C8H13BrO2/c9-5-1-3-7-8(11-7)4-2-6(5)10/h5-8,10H,1-4H2/t5-,6-,7+,8-/m0/s1. The molecule has 2 fully saturated rings. The molecule has 0 aromatic rings. The Morgan fingerprint density at radius 2 is 1.73 bits per heavy atom. The van der Waals surface area contributed by atoms with Crippen LogP contribution in [0.5, 0.6) is 0 Å². The summed E-state index contributed by atoms with van der Waals surface area (Å²) in [4.78, 5) is 0.285. The Labute approximate surface area is 75.1 Å². The van der Waals surface area contributed by atoms with Gasteiger partial charge in [0.25, 0.3) is 0 Å². The lowest BCUT2D eigenvalue weighted by molar-refractivity contribution is 0.152. The van der Waals surface area contributed by atoms with Gasteiger partial charge in [-0.3, -0.25) is 0 Å². The number of hydrogen-bond acceptors (Lipinski definition) is 2. The first-order valence-corrected chi connectivity index (χ1v) is 5.16. The van der Waals surface area contributed by atoms with Crippen molar-refractivity contribution < 1.29 is 9.84 Å². The van der Waals surface area contributed by atoms with Gasteiger partial charge in [0, 0.05) is 4.83 Å². The van der Waals surface area contributed by atoms with Gasteiger partial charge in [-0.1, -0.05) is 15.9 Å². The summed E-state index contributed by atoms with van der Waals surface area (Å²) in [7, 11) is 0. The van der Waals surface area contributed by atoms with Crippen molar-refractivity contribution in [2.45, 2.75) is 48.8 Å². The fourth-order valence-corrected chi connectivity index (χ4v) is 2.25. The number of rotatable bonds is 0. The highest BCUT2D eigenvalue weighted by molar-refractivity contribution is 9.09. The molecule has 1 saturated carbocycles. The minimum Gasteiger partial charge on any atom is -0.392 e. The first-order chi connectivity index (χ1) is 5.27. The maximum absolute atomic E-state index is 9.52. The largest absolute Gasteiger partial charge is 0.392 e. The molecule has 1 saturated heterocycles. The number of halogens is 1. The second-order valence-electron chi connectivity index (χ2n) is 3.45. The van der Waals surface area contributed by atoms with Gasteiger partial charge in [0.1, 0.15) is 0 Å². The third kappa shape index (κ3) is 1.76. The summed E-state index contributed by atoms with van der Waals surface area (Å²) in [6, 6.07) is 0. The topological polar surface area (TPSA) is 32.8 Å². The molecule has 0 aromatic carbocycles. The summed E-state index contributed by atoms with van der Waals surface area (Å²) in [5.74, 6) is 0. The van der Waals surface area contributed by atoms with Crippen LogP contribution in [0.4, 0.5) is 0 Å². The normalized spacial score (nSPS) is 50.7. The molecule has 0 spiro atoms. The van der Waals surface area contributed by atoms with Gasteiger partial charge in [-0.05, 0) is 25.7 Å². The fraction of sp³-hybridized carbons (Fsp3) is 1.00. The molecule has 1 heterocycles. The Morgan fingerprint density at radius 1 is 1.09 bits per heavy atom. The van der Waals surface area contributed by atoms with Crippen LogP contribution in [0.2, 0.25) is 0 Å². The molecule has 3 heteroatoms. The van der Waals surface area contributed by atoms with Crippen LogP contribution < -0.4 is 0 Å². The van der Waals surface area contributed by atoms with Crippen molar-refractivity contribution >= 4 is 15.9 Å². The van der Waals surface area contributed by atoms with Gasteiger partial charge in [-0.2, -0.15) is 0 Å². The van der Waals surface area contributed by atoms with E-state index in [9.17, 15) is 5.11 Å². The Morgan fingerprint density at radius 3 is 2.45 bits per heavy atom. The van der Waals surface area contributed by atoms with Crippen molar-refractivity contribution in [3.63, 3.8) is 0 Å². The van der Waals surface area contributed by atoms with E-state index >= 15 is 0 Å². The molecule has 4 atom stereocenters. The lowest BCUT2D eigenvalue weighted by Crippen LogP contribution is -2.23. The van der Waals surface area contributed by atoms with Crippen molar-refractivity contribution in [1.29, 1.82) is 0 Å². The summed E-state index contributed by atoms with van der Waals surface area (Å²) in [5.41, 5.74) is 0. The maximum Gasteiger partial charge on any atom is 0.0842 e. The highest BCUT2D eigenvalue weighted by Crippen LogP contribution is 2.35. The van der Waals surface area contributed by atoms with Crippen molar-refractivity contribution in [1.82, 2.24) is 0 Å². The fourth-order valence-electron chi connectivity index (χ4n) is 1.72. The smallest absolute Gasteiger partial charge is 0.0842 e. The predicted octanol–water partition coefficient (Wildman–Crippen LogP) is 1.45. The number of alkyl halides is 1. The molecule has 1 aliphatic carbocycles. The monoisotopic (exact) mass is 220 g/mol. The van der Waals surface area contributed by atoms with Gasteiger partial charge in [0.05, 0.1) is 18.3 Å². The zero-order valence-electron chi connectivity index (χ0n) is 6.37. The van der Waals surface area contributed by atoms with Crippen molar-refractivity contribution in [2.24, 2.45) is 0 Å². The summed E-state index contributed by atoms with van der Waals surface area (Å²) in [6.45, 7) is 0. The van der Waals surface area contributed by atoms with Crippen LogP contribution in [0.25, 0.3) is 0 Å². The van der Waals surface area contributed by atoms with Gasteiger partial charge in [-0.15, -0.1) is 0 Å². The second-order valence-corrected chi connectivity index (χ2v) is 4.63. The Balaban J connectivity index is 1.89. The van der Waals surface area contributed by atoms with Crippen LogP contribution in [0.1, 0.15) is 25.7 Å². The van der Waals surface area contributed by atoms with Crippen molar-refractivity contribution in [3.05, 3.63) is 0 Å². The highest BCUT2D eigenvalue weighted by atomic mass is 79.9. The molecular weight excluding hydrogens is 208 g/mol. The van der Waals surface area contributed by atoms with E-state index in [2.05, 4.69) is 15.9 Å². The zero-order chi connectivity index (χ0) is 7.84. The van der Waals surface area contributed by atoms with Crippen LogP contribution in [-0.2, 0) is 4.74 Å². The molecule has 0 aromatic heterocycles. The molecule has 11 heavy (non-hydrogen) atoms. The number of fused-ring (bicyclic) bond motifs is 1. The molecule has 0 bridgehead atoms. The predicted molar refractivity (Wildman–Crippen MR) is 45.9 cm³/mol. The number of epoxide rings is 1. The molecular formula is C8H13BrO2. The number of hydrogen-bond donors (Lipinski definition) is 1. The quantitative estimate of drug-likeness (QED) is 0.496. The van der Waals surface area contributed by atoms with Crippen LogP contribution in [0.15, 0.2) is 0 Å². The van der Waals surface area contributed by atoms with Gasteiger partial charge in [0.2, 0.25) is 0 Å². The van der Waals surface area contributed by atoms with E-state index < -0.39 is 0 Å². The second kappa shape index (κ2) is 3.04. The summed E-state index contributed by atoms with van der Waals surface area (Å²) >= 11 is 3.48. The van der Waals surface area contributed by atoms with E-state index in [1.165, 1.54) is 0 Å². The minimum absolute atomic E-state index is 0.167. The number of ether oxygens (including phenoxy) is 1. The third-order valence-corrected chi connectivity index (χ3v) is 3.65. The molecule has 2 nitrogen and oxygen atoms in total. The van der Waals surface area contributed by atoms with Gasteiger partial charge < -0.3 is 9.84 Å². The van der Waals surface area contributed by atoms with E-state index in [0.29, 0.717) is 12.2 Å². The van der Waals surface area contributed by atoms with Gasteiger partial charge in [0.15, 0.2) is 0 Å². The minimum atomic E-state index is -0.167. The Kier molecular flexibility index (Phi) is 2.21.